The second kappa shape index (κ2) is 9.17. The van der Waals surface area contributed by atoms with Crippen LogP contribution >= 0.6 is 0 Å². The van der Waals surface area contributed by atoms with Crippen molar-refractivity contribution in [2.24, 2.45) is 5.10 Å². The van der Waals surface area contributed by atoms with Gasteiger partial charge in [-0.1, -0.05) is 12.1 Å². The van der Waals surface area contributed by atoms with E-state index in [-0.39, 0.29) is 12.4 Å². The van der Waals surface area contributed by atoms with Crippen molar-refractivity contribution in [1.82, 2.24) is 5.43 Å². The van der Waals surface area contributed by atoms with Crippen LogP contribution in [0, 0.1) is 0 Å². The van der Waals surface area contributed by atoms with Crippen molar-refractivity contribution >= 4 is 12.1 Å². The molecule has 0 unspecified atom stereocenters. The molecule has 0 saturated carbocycles. The van der Waals surface area contributed by atoms with Crippen LogP contribution in [-0.4, -0.2) is 37.6 Å². The van der Waals surface area contributed by atoms with Crippen molar-refractivity contribution < 1.29 is 24.1 Å². The Labute approximate surface area is 145 Å². The number of hydrogen-bond donors (Lipinski definition) is 2. The van der Waals surface area contributed by atoms with Crippen molar-refractivity contribution in [3.05, 3.63) is 48.0 Å². The first-order valence-electron chi connectivity index (χ1n) is 7.67. The lowest BCUT2D eigenvalue weighted by atomic mass is 10.2. The standard InChI is InChI=1S/C18H20N2O5/c1-3-24-17-10-13(8-9-14(17)21)11-19-20-18(22)12-25-16-7-5-4-6-15(16)23-2/h4-11,21H,3,12H2,1-2H3,(H,20,22)/b19-11-. The number of methoxy groups -OCH3 is 1. The second-order valence-electron chi connectivity index (χ2n) is 4.89. The lowest BCUT2D eigenvalue weighted by Gasteiger charge is -2.09. The summed E-state index contributed by atoms with van der Waals surface area (Å²) in [5.74, 6) is 1.02. The van der Waals surface area contributed by atoms with E-state index in [0.29, 0.717) is 29.4 Å². The number of benzene rings is 2. The number of rotatable bonds is 8. The minimum absolute atomic E-state index is 0.0493. The number of hydrazone groups is 1. The second-order valence-corrected chi connectivity index (χ2v) is 4.89. The van der Waals surface area contributed by atoms with Gasteiger partial charge in [0, 0.05) is 0 Å². The number of ether oxygens (including phenoxy) is 3. The monoisotopic (exact) mass is 344 g/mol. The number of phenols is 1. The van der Waals surface area contributed by atoms with E-state index in [1.54, 1.807) is 30.3 Å². The largest absolute Gasteiger partial charge is 0.504 e. The molecule has 0 aliphatic heterocycles. The van der Waals surface area contributed by atoms with Crippen molar-refractivity contribution in [2.75, 3.05) is 20.3 Å². The van der Waals surface area contributed by atoms with Gasteiger partial charge < -0.3 is 19.3 Å². The van der Waals surface area contributed by atoms with Gasteiger partial charge in [0.15, 0.2) is 29.6 Å². The highest BCUT2D eigenvalue weighted by atomic mass is 16.5. The topological polar surface area (TPSA) is 89.4 Å². The number of amides is 1. The molecule has 25 heavy (non-hydrogen) atoms. The Morgan fingerprint density at radius 1 is 1.16 bits per heavy atom. The summed E-state index contributed by atoms with van der Waals surface area (Å²) in [7, 11) is 1.53. The van der Waals surface area contributed by atoms with Crippen molar-refractivity contribution in [3.63, 3.8) is 0 Å². The molecule has 2 aromatic carbocycles. The molecular weight excluding hydrogens is 324 g/mol. The molecule has 2 aromatic rings. The number of aromatic hydroxyl groups is 1. The molecule has 0 bridgehead atoms. The fraction of sp³-hybridized carbons (Fsp3) is 0.222. The van der Waals surface area contributed by atoms with Crippen molar-refractivity contribution in [3.8, 4) is 23.0 Å². The van der Waals surface area contributed by atoms with E-state index < -0.39 is 5.91 Å². The van der Waals surface area contributed by atoms with Gasteiger partial charge in [-0.3, -0.25) is 4.79 Å². The predicted molar refractivity (Wildman–Crippen MR) is 93.5 cm³/mol. The molecule has 7 nitrogen and oxygen atoms in total. The predicted octanol–water partition coefficient (Wildman–Crippen LogP) is 2.33. The van der Waals surface area contributed by atoms with Crippen LogP contribution in [0.15, 0.2) is 47.6 Å². The Hall–Kier alpha value is -3.22. The maximum Gasteiger partial charge on any atom is 0.277 e. The van der Waals surface area contributed by atoms with E-state index in [4.69, 9.17) is 14.2 Å². The van der Waals surface area contributed by atoms with Crippen LogP contribution in [0.3, 0.4) is 0 Å². The van der Waals surface area contributed by atoms with E-state index in [2.05, 4.69) is 10.5 Å². The molecule has 0 atom stereocenters. The molecule has 0 radical (unpaired) electrons. The molecule has 2 N–H and O–H groups in total. The number of para-hydroxylation sites is 2. The lowest BCUT2D eigenvalue weighted by molar-refractivity contribution is -0.123. The van der Waals surface area contributed by atoms with Gasteiger partial charge in [0.05, 0.1) is 19.9 Å². The zero-order valence-electron chi connectivity index (χ0n) is 14.1. The number of carbonyl (C=O) groups excluding carboxylic acids is 1. The first-order chi connectivity index (χ1) is 12.1. The van der Waals surface area contributed by atoms with Crippen LogP contribution in [0.25, 0.3) is 0 Å². The van der Waals surface area contributed by atoms with E-state index in [1.807, 2.05) is 13.0 Å². The quantitative estimate of drug-likeness (QED) is 0.567. The summed E-state index contributed by atoms with van der Waals surface area (Å²) in [5, 5.41) is 13.5. The summed E-state index contributed by atoms with van der Waals surface area (Å²) >= 11 is 0. The molecular formula is C18H20N2O5. The average Bonchev–Trinajstić information content (AvgIpc) is 2.63. The first-order valence-corrected chi connectivity index (χ1v) is 7.67. The van der Waals surface area contributed by atoms with Crippen LogP contribution in [0.4, 0.5) is 0 Å². The van der Waals surface area contributed by atoms with Gasteiger partial charge in [-0.2, -0.15) is 5.10 Å². The summed E-state index contributed by atoms with van der Waals surface area (Å²) in [5.41, 5.74) is 3.04. The third-order valence-electron chi connectivity index (χ3n) is 3.11. The van der Waals surface area contributed by atoms with E-state index in [1.165, 1.54) is 19.4 Å². The third-order valence-corrected chi connectivity index (χ3v) is 3.11. The van der Waals surface area contributed by atoms with Crippen LogP contribution in [-0.2, 0) is 4.79 Å². The maximum atomic E-state index is 11.8. The summed E-state index contributed by atoms with van der Waals surface area (Å²) < 4.78 is 15.8. The molecule has 0 aliphatic carbocycles. The van der Waals surface area contributed by atoms with E-state index >= 15 is 0 Å². The van der Waals surface area contributed by atoms with Gasteiger partial charge in [-0.15, -0.1) is 0 Å². The Kier molecular flexibility index (Phi) is 6.65. The fourth-order valence-corrected chi connectivity index (χ4v) is 1.97. The summed E-state index contributed by atoms with van der Waals surface area (Å²) in [6, 6.07) is 11.8. The molecule has 0 aliphatic rings. The molecule has 0 aromatic heterocycles. The minimum Gasteiger partial charge on any atom is -0.504 e. The van der Waals surface area contributed by atoms with E-state index in [0.717, 1.165) is 0 Å². The molecule has 132 valence electrons. The minimum atomic E-state index is -0.411. The lowest BCUT2D eigenvalue weighted by Crippen LogP contribution is -2.24. The highest BCUT2D eigenvalue weighted by molar-refractivity contribution is 5.83. The number of nitrogens with zero attached hydrogens (tertiary/aromatic N) is 1. The smallest absolute Gasteiger partial charge is 0.277 e. The van der Waals surface area contributed by atoms with Crippen LogP contribution in [0.5, 0.6) is 23.0 Å². The molecule has 0 saturated heterocycles. The summed E-state index contributed by atoms with van der Waals surface area (Å²) in [4.78, 5) is 11.8. The molecule has 0 spiro atoms. The van der Waals surface area contributed by atoms with Gasteiger partial charge in [0.1, 0.15) is 0 Å². The zero-order valence-corrected chi connectivity index (χ0v) is 14.1. The SMILES string of the molecule is CCOc1cc(/C=N\NC(=O)COc2ccccc2OC)ccc1O. The highest BCUT2D eigenvalue weighted by Gasteiger charge is 2.06. The molecule has 0 heterocycles. The Morgan fingerprint density at radius 2 is 1.92 bits per heavy atom. The molecule has 1 amide bonds. The fourth-order valence-electron chi connectivity index (χ4n) is 1.97. The first kappa shape index (κ1) is 18.1. The zero-order chi connectivity index (χ0) is 18.1. The van der Waals surface area contributed by atoms with Gasteiger partial charge in [0.25, 0.3) is 5.91 Å². The van der Waals surface area contributed by atoms with Gasteiger partial charge >= 0.3 is 0 Å². The number of hydrogen-bond acceptors (Lipinski definition) is 6. The third kappa shape index (κ3) is 5.42. The van der Waals surface area contributed by atoms with Crippen LogP contribution in [0.2, 0.25) is 0 Å². The Bertz CT molecular complexity index is 746. The molecule has 0 fully saturated rings. The van der Waals surface area contributed by atoms with Gasteiger partial charge in [-0.05, 0) is 42.8 Å². The van der Waals surface area contributed by atoms with Crippen molar-refractivity contribution in [2.45, 2.75) is 6.92 Å². The maximum absolute atomic E-state index is 11.8. The van der Waals surface area contributed by atoms with Gasteiger partial charge in [0.2, 0.25) is 0 Å². The summed E-state index contributed by atoms with van der Waals surface area (Å²) in [6.45, 7) is 2.06. The highest BCUT2D eigenvalue weighted by Crippen LogP contribution is 2.26. The number of nitrogens with one attached hydrogen (secondary N) is 1. The summed E-state index contributed by atoms with van der Waals surface area (Å²) in [6.07, 6.45) is 1.45. The van der Waals surface area contributed by atoms with Crippen molar-refractivity contribution in [1.29, 1.82) is 0 Å². The number of carbonyl (C=O) groups is 1. The van der Waals surface area contributed by atoms with E-state index in [9.17, 15) is 9.90 Å². The normalized spacial score (nSPS) is 10.5. The van der Waals surface area contributed by atoms with Crippen LogP contribution < -0.4 is 19.6 Å². The Morgan fingerprint density at radius 3 is 2.64 bits per heavy atom. The molecule has 2 rings (SSSR count). The van der Waals surface area contributed by atoms with Crippen LogP contribution in [0.1, 0.15) is 12.5 Å². The number of phenolic OH excluding ortho intramolecular Hbond substituents is 1. The van der Waals surface area contributed by atoms with Gasteiger partial charge in [-0.25, -0.2) is 5.43 Å². The average molecular weight is 344 g/mol. The Balaban J connectivity index is 1.87. The molecule has 7 heteroatoms.